The van der Waals surface area contributed by atoms with Gasteiger partial charge in [0.1, 0.15) is 0 Å². The SMILES string of the molecule is CNCC12CC3CC(C1)CC(C(C)C)(C3)C2. The average Bonchev–Trinajstić information content (AvgIpc) is 2.14. The highest BCUT2D eigenvalue weighted by molar-refractivity contribution is 5.08. The molecule has 4 bridgehead atoms. The van der Waals surface area contributed by atoms with Gasteiger partial charge in [-0.25, -0.2) is 0 Å². The van der Waals surface area contributed by atoms with Crippen LogP contribution in [0.1, 0.15) is 52.4 Å². The highest BCUT2D eigenvalue weighted by Crippen LogP contribution is 2.67. The second-order valence-corrected chi connectivity index (χ2v) is 7.51. The summed E-state index contributed by atoms with van der Waals surface area (Å²) in [5.41, 5.74) is 1.41. The topological polar surface area (TPSA) is 12.0 Å². The molecule has 0 spiro atoms. The van der Waals surface area contributed by atoms with Gasteiger partial charge in [-0.15, -0.1) is 0 Å². The Morgan fingerprint density at radius 2 is 1.75 bits per heavy atom. The zero-order valence-electron chi connectivity index (χ0n) is 11.2. The third-order valence-electron chi connectivity index (χ3n) is 6.00. The molecule has 4 fully saturated rings. The lowest BCUT2D eigenvalue weighted by Crippen LogP contribution is -2.56. The van der Waals surface area contributed by atoms with Gasteiger partial charge in [0.05, 0.1) is 0 Å². The van der Waals surface area contributed by atoms with Crippen LogP contribution in [0.5, 0.6) is 0 Å². The number of hydrogen-bond acceptors (Lipinski definition) is 1. The first-order valence-corrected chi connectivity index (χ1v) is 7.22. The molecule has 16 heavy (non-hydrogen) atoms. The van der Waals surface area contributed by atoms with Crippen LogP contribution in [0, 0.1) is 28.6 Å². The minimum absolute atomic E-state index is 0.684. The number of rotatable bonds is 3. The molecule has 1 heteroatoms. The van der Waals surface area contributed by atoms with Crippen LogP contribution in [-0.2, 0) is 0 Å². The Kier molecular flexibility index (Phi) is 2.41. The summed E-state index contributed by atoms with van der Waals surface area (Å²) in [6.45, 7) is 6.22. The fourth-order valence-corrected chi connectivity index (χ4v) is 5.78. The maximum absolute atomic E-state index is 3.48. The molecule has 1 nitrogen and oxygen atoms in total. The lowest BCUT2D eigenvalue weighted by atomic mass is 9.42. The second-order valence-electron chi connectivity index (χ2n) is 7.51. The Morgan fingerprint density at radius 1 is 1.12 bits per heavy atom. The van der Waals surface area contributed by atoms with Crippen LogP contribution >= 0.6 is 0 Å². The molecule has 0 heterocycles. The van der Waals surface area contributed by atoms with Crippen molar-refractivity contribution in [2.45, 2.75) is 52.4 Å². The van der Waals surface area contributed by atoms with Gasteiger partial charge in [0.25, 0.3) is 0 Å². The van der Waals surface area contributed by atoms with Gasteiger partial charge in [-0.05, 0) is 74.2 Å². The predicted molar refractivity (Wildman–Crippen MR) is 68.3 cm³/mol. The summed E-state index contributed by atoms with van der Waals surface area (Å²) in [5, 5.41) is 3.48. The van der Waals surface area contributed by atoms with E-state index in [1.165, 1.54) is 25.8 Å². The predicted octanol–water partition coefficient (Wildman–Crippen LogP) is 3.45. The van der Waals surface area contributed by atoms with Crippen LogP contribution in [0.4, 0.5) is 0 Å². The Hall–Kier alpha value is -0.0400. The summed E-state index contributed by atoms with van der Waals surface area (Å²) in [4.78, 5) is 0. The van der Waals surface area contributed by atoms with Crippen molar-refractivity contribution in [3.63, 3.8) is 0 Å². The summed E-state index contributed by atoms with van der Waals surface area (Å²) in [6.07, 6.45) is 9.22. The Balaban J connectivity index is 1.90. The van der Waals surface area contributed by atoms with E-state index in [1.54, 1.807) is 19.3 Å². The van der Waals surface area contributed by atoms with Crippen molar-refractivity contribution in [2.75, 3.05) is 13.6 Å². The molecular weight excluding hydrogens is 194 g/mol. The van der Waals surface area contributed by atoms with Crippen molar-refractivity contribution in [1.29, 1.82) is 0 Å². The van der Waals surface area contributed by atoms with Gasteiger partial charge in [-0.1, -0.05) is 13.8 Å². The summed E-state index contributed by atoms with van der Waals surface area (Å²) < 4.78 is 0. The maximum atomic E-state index is 3.48. The molecule has 2 unspecified atom stereocenters. The third kappa shape index (κ3) is 1.47. The Morgan fingerprint density at radius 3 is 2.25 bits per heavy atom. The van der Waals surface area contributed by atoms with Crippen molar-refractivity contribution in [1.82, 2.24) is 5.32 Å². The van der Waals surface area contributed by atoms with E-state index in [0.717, 1.165) is 23.2 Å². The molecule has 2 atom stereocenters. The van der Waals surface area contributed by atoms with Crippen LogP contribution < -0.4 is 5.32 Å². The van der Waals surface area contributed by atoms with Crippen molar-refractivity contribution in [3.8, 4) is 0 Å². The molecule has 0 radical (unpaired) electrons. The molecule has 0 aromatic heterocycles. The van der Waals surface area contributed by atoms with Gasteiger partial charge in [0, 0.05) is 6.54 Å². The van der Waals surface area contributed by atoms with Crippen molar-refractivity contribution in [2.24, 2.45) is 28.6 Å². The van der Waals surface area contributed by atoms with E-state index in [-0.39, 0.29) is 0 Å². The lowest BCUT2D eigenvalue weighted by molar-refractivity contribution is -0.128. The molecule has 0 aromatic rings. The molecule has 0 aromatic carbocycles. The van der Waals surface area contributed by atoms with E-state index in [0.29, 0.717) is 5.41 Å². The van der Waals surface area contributed by atoms with Crippen LogP contribution in [-0.4, -0.2) is 13.6 Å². The first-order chi connectivity index (χ1) is 7.57. The van der Waals surface area contributed by atoms with Crippen molar-refractivity contribution >= 4 is 0 Å². The van der Waals surface area contributed by atoms with Crippen LogP contribution in [0.25, 0.3) is 0 Å². The van der Waals surface area contributed by atoms with Crippen LogP contribution in [0.2, 0.25) is 0 Å². The first kappa shape index (κ1) is 11.1. The monoisotopic (exact) mass is 221 g/mol. The first-order valence-electron chi connectivity index (χ1n) is 7.22. The fourth-order valence-electron chi connectivity index (χ4n) is 5.78. The summed E-state index contributed by atoms with van der Waals surface area (Å²) in [5.74, 6) is 3.03. The van der Waals surface area contributed by atoms with Crippen LogP contribution in [0.15, 0.2) is 0 Å². The van der Waals surface area contributed by atoms with E-state index in [1.807, 2.05) is 0 Å². The molecule has 4 rings (SSSR count). The van der Waals surface area contributed by atoms with Gasteiger partial charge in [0.15, 0.2) is 0 Å². The zero-order chi connectivity index (χ0) is 11.4. The highest BCUT2D eigenvalue weighted by Gasteiger charge is 2.57. The van der Waals surface area contributed by atoms with Crippen LogP contribution in [0.3, 0.4) is 0 Å². The molecular formula is C15H27N. The maximum Gasteiger partial charge on any atom is 0.000521 e. The molecule has 1 N–H and O–H groups in total. The normalized spacial score (nSPS) is 50.2. The van der Waals surface area contributed by atoms with E-state index in [9.17, 15) is 0 Å². The third-order valence-corrected chi connectivity index (χ3v) is 6.00. The molecule has 4 aliphatic rings. The van der Waals surface area contributed by atoms with E-state index >= 15 is 0 Å². The quantitative estimate of drug-likeness (QED) is 0.769. The lowest BCUT2D eigenvalue weighted by Gasteiger charge is -2.64. The van der Waals surface area contributed by atoms with Gasteiger partial charge in [-0.3, -0.25) is 0 Å². The van der Waals surface area contributed by atoms with E-state index in [4.69, 9.17) is 0 Å². The minimum atomic E-state index is 0.684. The largest absolute Gasteiger partial charge is 0.319 e. The van der Waals surface area contributed by atoms with Gasteiger partial charge in [-0.2, -0.15) is 0 Å². The van der Waals surface area contributed by atoms with Crippen molar-refractivity contribution < 1.29 is 0 Å². The number of nitrogens with one attached hydrogen (secondary N) is 1. The van der Waals surface area contributed by atoms with Gasteiger partial charge < -0.3 is 5.32 Å². The highest BCUT2D eigenvalue weighted by atomic mass is 14.8. The Bertz CT molecular complexity index is 267. The summed E-state index contributed by atoms with van der Waals surface area (Å²) in [6, 6.07) is 0. The van der Waals surface area contributed by atoms with E-state index < -0.39 is 0 Å². The van der Waals surface area contributed by atoms with Gasteiger partial charge >= 0.3 is 0 Å². The Labute approximate surface area is 100 Å². The summed E-state index contributed by atoms with van der Waals surface area (Å²) >= 11 is 0. The number of hydrogen-bond donors (Lipinski definition) is 1. The smallest absolute Gasteiger partial charge is 0.000521 e. The molecule has 0 aliphatic heterocycles. The average molecular weight is 221 g/mol. The van der Waals surface area contributed by atoms with E-state index in [2.05, 4.69) is 26.2 Å². The fraction of sp³-hybridized carbons (Fsp3) is 1.00. The van der Waals surface area contributed by atoms with Gasteiger partial charge in [0.2, 0.25) is 0 Å². The molecule has 0 amide bonds. The second kappa shape index (κ2) is 3.48. The molecule has 0 saturated heterocycles. The molecule has 92 valence electrons. The minimum Gasteiger partial charge on any atom is -0.319 e. The molecule has 4 aliphatic carbocycles. The van der Waals surface area contributed by atoms with Crippen molar-refractivity contribution in [3.05, 3.63) is 0 Å². The standard InChI is InChI=1S/C15H27N/c1-11(2)15-7-12-4-13(8-15)6-14(5-12,9-15)10-16-3/h11-13,16H,4-10H2,1-3H3. The zero-order valence-corrected chi connectivity index (χ0v) is 11.2. The molecule has 4 saturated carbocycles. The summed E-state index contributed by atoms with van der Waals surface area (Å²) in [7, 11) is 2.14.